The standard InChI is InChI=1S/C17H17ClN2O4S/c1-10(21)15-6-4-12(25-15)7-8-19-16(22)17(23)20-13-9-11(18)3-5-14(13)24-2/h3-6,9H,7-8H2,1-2H3,(H,19,22)(H,20,23). The summed E-state index contributed by atoms with van der Waals surface area (Å²) in [4.78, 5) is 36.7. The fraction of sp³-hybridized carbons (Fsp3) is 0.235. The molecule has 1 aromatic carbocycles. The van der Waals surface area contributed by atoms with E-state index < -0.39 is 11.8 Å². The fourth-order valence-electron chi connectivity index (χ4n) is 2.04. The number of nitrogens with one attached hydrogen (secondary N) is 2. The summed E-state index contributed by atoms with van der Waals surface area (Å²) >= 11 is 7.26. The van der Waals surface area contributed by atoms with Crippen LogP contribution in [0.2, 0.25) is 5.02 Å². The van der Waals surface area contributed by atoms with Gasteiger partial charge in [-0.25, -0.2) is 0 Å². The van der Waals surface area contributed by atoms with Crippen LogP contribution in [0.4, 0.5) is 5.69 Å². The molecule has 2 aromatic rings. The van der Waals surface area contributed by atoms with Crippen molar-refractivity contribution in [2.24, 2.45) is 0 Å². The van der Waals surface area contributed by atoms with Gasteiger partial charge in [0.25, 0.3) is 0 Å². The van der Waals surface area contributed by atoms with Gasteiger partial charge in [-0.1, -0.05) is 11.6 Å². The Morgan fingerprint density at radius 2 is 1.92 bits per heavy atom. The first-order valence-corrected chi connectivity index (χ1v) is 8.62. The van der Waals surface area contributed by atoms with Crippen LogP contribution in [-0.4, -0.2) is 31.3 Å². The van der Waals surface area contributed by atoms with Gasteiger partial charge in [0.1, 0.15) is 5.75 Å². The number of anilines is 1. The summed E-state index contributed by atoms with van der Waals surface area (Å²) in [6.07, 6.45) is 0.539. The minimum Gasteiger partial charge on any atom is -0.495 e. The third-order valence-electron chi connectivity index (χ3n) is 3.28. The summed E-state index contributed by atoms with van der Waals surface area (Å²) in [6.45, 7) is 1.79. The smallest absolute Gasteiger partial charge is 0.313 e. The van der Waals surface area contributed by atoms with Crippen molar-refractivity contribution in [1.82, 2.24) is 5.32 Å². The predicted molar refractivity (Wildman–Crippen MR) is 97.7 cm³/mol. The fourth-order valence-corrected chi connectivity index (χ4v) is 3.11. The number of hydrogen-bond donors (Lipinski definition) is 2. The molecule has 0 fully saturated rings. The van der Waals surface area contributed by atoms with Crippen molar-refractivity contribution in [1.29, 1.82) is 0 Å². The SMILES string of the molecule is COc1ccc(Cl)cc1NC(=O)C(=O)NCCc1ccc(C(C)=O)s1. The molecule has 25 heavy (non-hydrogen) atoms. The molecule has 2 rings (SSSR count). The van der Waals surface area contributed by atoms with Crippen molar-refractivity contribution < 1.29 is 19.1 Å². The number of methoxy groups -OCH3 is 1. The molecule has 0 saturated heterocycles. The average molecular weight is 381 g/mol. The molecule has 0 spiro atoms. The molecule has 132 valence electrons. The van der Waals surface area contributed by atoms with Crippen LogP contribution in [0.1, 0.15) is 21.5 Å². The van der Waals surface area contributed by atoms with Gasteiger partial charge in [0, 0.05) is 16.4 Å². The summed E-state index contributed by atoms with van der Waals surface area (Å²) in [7, 11) is 1.45. The summed E-state index contributed by atoms with van der Waals surface area (Å²) in [6, 6.07) is 8.30. The Hall–Kier alpha value is -2.38. The zero-order valence-corrected chi connectivity index (χ0v) is 15.3. The second-order valence-corrected chi connectivity index (χ2v) is 6.73. The minimum absolute atomic E-state index is 0.00938. The second kappa shape index (κ2) is 8.64. The van der Waals surface area contributed by atoms with Crippen LogP contribution >= 0.6 is 22.9 Å². The minimum atomic E-state index is -0.809. The highest BCUT2D eigenvalue weighted by Gasteiger charge is 2.16. The second-order valence-electron chi connectivity index (χ2n) is 5.13. The number of rotatable bonds is 6. The highest BCUT2D eigenvalue weighted by Crippen LogP contribution is 2.27. The first-order chi connectivity index (χ1) is 11.9. The molecular formula is C17H17ClN2O4S. The lowest BCUT2D eigenvalue weighted by atomic mass is 10.3. The van der Waals surface area contributed by atoms with Crippen LogP contribution < -0.4 is 15.4 Å². The van der Waals surface area contributed by atoms with Crippen LogP contribution in [0.25, 0.3) is 0 Å². The van der Waals surface area contributed by atoms with Crippen molar-refractivity contribution in [3.05, 3.63) is 45.1 Å². The maximum absolute atomic E-state index is 12.0. The van der Waals surface area contributed by atoms with Gasteiger partial charge in [0.2, 0.25) is 0 Å². The molecule has 0 atom stereocenters. The van der Waals surface area contributed by atoms with Gasteiger partial charge in [-0.15, -0.1) is 11.3 Å². The molecule has 2 amide bonds. The lowest BCUT2D eigenvalue weighted by molar-refractivity contribution is -0.136. The summed E-state index contributed by atoms with van der Waals surface area (Å²) in [5.74, 6) is -1.16. The largest absolute Gasteiger partial charge is 0.495 e. The van der Waals surface area contributed by atoms with Crippen LogP contribution in [0.3, 0.4) is 0 Å². The number of benzene rings is 1. The molecule has 0 aliphatic heterocycles. The first kappa shape index (κ1) is 19.0. The van der Waals surface area contributed by atoms with Crippen molar-refractivity contribution in [2.75, 3.05) is 19.0 Å². The van der Waals surface area contributed by atoms with Gasteiger partial charge >= 0.3 is 11.8 Å². The topological polar surface area (TPSA) is 84.5 Å². The molecule has 1 aromatic heterocycles. The molecule has 2 N–H and O–H groups in total. The Morgan fingerprint density at radius 1 is 1.16 bits per heavy atom. The van der Waals surface area contributed by atoms with E-state index >= 15 is 0 Å². The van der Waals surface area contributed by atoms with E-state index in [1.807, 2.05) is 6.07 Å². The lowest BCUT2D eigenvalue weighted by Crippen LogP contribution is -2.36. The highest BCUT2D eigenvalue weighted by atomic mass is 35.5. The monoisotopic (exact) mass is 380 g/mol. The van der Waals surface area contributed by atoms with Gasteiger partial charge in [0.05, 0.1) is 17.7 Å². The predicted octanol–water partition coefficient (Wildman–Crippen LogP) is 2.91. The van der Waals surface area contributed by atoms with E-state index in [-0.39, 0.29) is 12.3 Å². The Balaban J connectivity index is 1.87. The number of amides is 2. The molecule has 0 radical (unpaired) electrons. The first-order valence-electron chi connectivity index (χ1n) is 7.43. The van der Waals surface area contributed by atoms with Crippen molar-refractivity contribution >= 4 is 46.2 Å². The Morgan fingerprint density at radius 3 is 2.56 bits per heavy atom. The van der Waals surface area contributed by atoms with Crippen LogP contribution in [0.5, 0.6) is 5.75 Å². The molecule has 1 heterocycles. The summed E-state index contributed by atoms with van der Waals surface area (Å²) < 4.78 is 5.11. The van der Waals surface area contributed by atoms with Gasteiger partial charge in [-0.3, -0.25) is 14.4 Å². The molecule has 0 bridgehead atoms. The number of carbonyl (C=O) groups excluding carboxylic acids is 3. The summed E-state index contributed by atoms with van der Waals surface area (Å²) in [5, 5.41) is 5.42. The number of thiophene rings is 1. The maximum Gasteiger partial charge on any atom is 0.313 e. The van der Waals surface area contributed by atoms with Crippen LogP contribution in [-0.2, 0) is 16.0 Å². The molecule has 8 heteroatoms. The normalized spacial score (nSPS) is 10.2. The van der Waals surface area contributed by atoms with E-state index in [9.17, 15) is 14.4 Å². The van der Waals surface area contributed by atoms with Gasteiger partial charge in [-0.05, 0) is 43.7 Å². The quantitative estimate of drug-likeness (QED) is 0.596. The Bertz CT molecular complexity index is 804. The molecule has 0 saturated carbocycles. The van der Waals surface area contributed by atoms with Crippen molar-refractivity contribution in [3.8, 4) is 5.75 Å². The third-order valence-corrected chi connectivity index (χ3v) is 4.76. The lowest BCUT2D eigenvalue weighted by Gasteiger charge is -2.10. The number of halogens is 1. The van der Waals surface area contributed by atoms with Gasteiger partial charge in [-0.2, -0.15) is 0 Å². The molecule has 6 nitrogen and oxygen atoms in total. The van der Waals surface area contributed by atoms with E-state index in [1.165, 1.54) is 31.4 Å². The van der Waals surface area contributed by atoms with Gasteiger partial charge in [0.15, 0.2) is 5.78 Å². The van der Waals surface area contributed by atoms with E-state index in [1.54, 1.807) is 18.2 Å². The zero-order valence-electron chi connectivity index (χ0n) is 13.7. The number of ether oxygens (including phenoxy) is 1. The third kappa shape index (κ3) is 5.30. The van der Waals surface area contributed by atoms with Crippen molar-refractivity contribution in [3.63, 3.8) is 0 Å². The summed E-state index contributed by atoms with van der Waals surface area (Å²) in [5.41, 5.74) is 0.319. The highest BCUT2D eigenvalue weighted by molar-refractivity contribution is 7.14. The average Bonchev–Trinajstić information content (AvgIpc) is 3.04. The van der Waals surface area contributed by atoms with Crippen LogP contribution in [0.15, 0.2) is 30.3 Å². The van der Waals surface area contributed by atoms with E-state index in [4.69, 9.17) is 16.3 Å². The van der Waals surface area contributed by atoms with E-state index in [0.717, 1.165) is 4.88 Å². The van der Waals surface area contributed by atoms with Gasteiger partial charge < -0.3 is 15.4 Å². The van der Waals surface area contributed by atoms with E-state index in [0.29, 0.717) is 27.8 Å². The number of Topliss-reactive ketones (excluding diaryl/α,β-unsaturated/α-hetero) is 1. The van der Waals surface area contributed by atoms with E-state index in [2.05, 4.69) is 10.6 Å². The molecular weight excluding hydrogens is 364 g/mol. The molecule has 0 unspecified atom stereocenters. The number of hydrogen-bond acceptors (Lipinski definition) is 5. The van der Waals surface area contributed by atoms with Crippen molar-refractivity contribution in [2.45, 2.75) is 13.3 Å². The molecule has 0 aliphatic rings. The Labute approximate surface area is 154 Å². The van der Waals surface area contributed by atoms with Crippen LogP contribution in [0, 0.1) is 0 Å². The Kier molecular flexibility index (Phi) is 6.55. The maximum atomic E-state index is 12.0. The zero-order chi connectivity index (χ0) is 18.4. The number of carbonyl (C=O) groups is 3. The molecule has 0 aliphatic carbocycles. The number of ketones is 1.